The largest absolute Gasteiger partial charge is 0.497 e. The van der Waals surface area contributed by atoms with Gasteiger partial charge in [0.2, 0.25) is 5.95 Å². The molecule has 2 aliphatic rings. The van der Waals surface area contributed by atoms with E-state index in [9.17, 15) is 24.3 Å². The molecule has 2 saturated heterocycles. The molecule has 78 heavy (non-hydrogen) atoms. The van der Waals surface area contributed by atoms with Crippen LogP contribution >= 0.6 is 11.8 Å². The Morgan fingerprint density at radius 1 is 0.833 bits per heavy atom. The first-order valence-electron chi connectivity index (χ1n) is 25.1. The lowest BCUT2D eigenvalue weighted by atomic mass is 9.80. The molecule has 0 radical (unpaired) electrons. The van der Waals surface area contributed by atoms with Crippen molar-refractivity contribution in [2.24, 2.45) is 0 Å². The first-order chi connectivity index (χ1) is 37.9. The third-order valence-electron chi connectivity index (χ3n) is 13.7. The molecule has 0 spiro atoms. The predicted molar refractivity (Wildman–Crippen MR) is 288 cm³/mol. The highest BCUT2D eigenvalue weighted by Crippen LogP contribution is 2.44. The summed E-state index contributed by atoms with van der Waals surface area (Å²) in [5, 5.41) is 12.3. The molecule has 2 aliphatic heterocycles. The minimum atomic E-state index is -1.38. The molecule has 7 atom stereocenters. The second-order valence-corrected chi connectivity index (χ2v) is 19.8. The third kappa shape index (κ3) is 11.1. The van der Waals surface area contributed by atoms with Gasteiger partial charge in [0.15, 0.2) is 17.4 Å². The molecule has 8 aromatic rings. The number of aromatic amines is 1. The van der Waals surface area contributed by atoms with E-state index in [0.29, 0.717) is 17.1 Å². The third-order valence-corrected chi connectivity index (χ3v) is 14.8. The van der Waals surface area contributed by atoms with Crippen LogP contribution in [0.1, 0.15) is 57.1 Å². The van der Waals surface area contributed by atoms with E-state index in [1.807, 2.05) is 109 Å². The number of fused-ring (bicyclic) bond motifs is 1. The number of benzene rings is 5. The van der Waals surface area contributed by atoms with Crippen molar-refractivity contribution in [3.05, 3.63) is 217 Å². The number of nitrogen functional groups attached to an aromatic ring is 1. The maximum Gasteiger partial charge on any atom is 0.338 e. The Hall–Kier alpha value is -7.89. The summed E-state index contributed by atoms with van der Waals surface area (Å²) in [6.07, 6.45) is -3.55. The number of H-pyrrole nitrogens is 1. The number of imidazole rings is 1. The van der Waals surface area contributed by atoms with Gasteiger partial charge in [-0.3, -0.25) is 23.7 Å². The van der Waals surface area contributed by atoms with Gasteiger partial charge >= 0.3 is 11.7 Å². The first-order valence-corrected chi connectivity index (χ1v) is 26.1. The average Bonchev–Trinajstić information content (AvgIpc) is 4.31. The number of esters is 1. The summed E-state index contributed by atoms with van der Waals surface area (Å²) in [7, 11) is 3.19. The molecule has 0 saturated carbocycles. The van der Waals surface area contributed by atoms with Gasteiger partial charge in [-0.25, -0.2) is 19.1 Å². The maximum atomic E-state index is 14.1. The number of ether oxygens (including phenoxy) is 8. The highest BCUT2D eigenvalue weighted by molar-refractivity contribution is 7.99. The zero-order valence-corrected chi connectivity index (χ0v) is 43.6. The van der Waals surface area contributed by atoms with Gasteiger partial charge in [-0.05, 0) is 65.6 Å². The van der Waals surface area contributed by atoms with Gasteiger partial charge in [-0.15, -0.1) is 11.8 Å². The van der Waals surface area contributed by atoms with Crippen LogP contribution in [0.25, 0.3) is 11.2 Å². The van der Waals surface area contributed by atoms with Crippen molar-refractivity contribution in [1.29, 1.82) is 0 Å². The molecule has 2 fully saturated rings. The molecular formula is C57H57N7O13S. The molecule has 0 bridgehead atoms. The zero-order valence-electron chi connectivity index (χ0n) is 42.8. The van der Waals surface area contributed by atoms with E-state index >= 15 is 0 Å². The van der Waals surface area contributed by atoms with Gasteiger partial charge in [0.1, 0.15) is 59.9 Å². The number of nitrogens with zero attached hydrogens (tertiary/aromatic N) is 5. The molecule has 5 heterocycles. The molecule has 3 aromatic heterocycles. The van der Waals surface area contributed by atoms with E-state index in [2.05, 4.69) is 15.0 Å². The van der Waals surface area contributed by atoms with Crippen molar-refractivity contribution in [3.8, 4) is 11.5 Å². The minimum Gasteiger partial charge on any atom is -0.497 e. The first kappa shape index (κ1) is 53.5. The summed E-state index contributed by atoms with van der Waals surface area (Å²) >= 11 is 1.28. The molecule has 4 N–H and O–H groups in total. The Kier molecular flexibility index (Phi) is 16.3. The van der Waals surface area contributed by atoms with Gasteiger partial charge in [0.05, 0.1) is 45.9 Å². The van der Waals surface area contributed by atoms with E-state index in [4.69, 9.17) is 43.6 Å². The van der Waals surface area contributed by atoms with E-state index in [0.717, 1.165) is 26.8 Å². The van der Waals surface area contributed by atoms with Gasteiger partial charge in [-0.1, -0.05) is 103 Å². The fraction of sp³-hybridized carbons (Fsp3) is 0.298. The molecule has 3 unspecified atom stereocenters. The Balaban J connectivity index is 0.929. The summed E-state index contributed by atoms with van der Waals surface area (Å²) in [6.45, 7) is 1.32. The molecule has 10 rings (SSSR count). The number of thioether (sulfide) groups is 1. The number of carbonyl (C=O) groups excluding carboxylic acids is 1. The SMILES string of the molecule is COc1ccc(C(OC[C@H]2O[C@@H](n3cnc4c(=O)[nH]c(N)nc43)[C@H](O)[C@@H]2OCCSC2OC(n3cc(C)c(=O)n(COCc4ccccc4)c3=O)CC2OC(=O)c2ccccc2)(c2ccccc2)c2ccc(OC)cc2)cc1. The van der Waals surface area contributed by atoms with Crippen molar-refractivity contribution in [3.63, 3.8) is 0 Å². The number of rotatable bonds is 21. The van der Waals surface area contributed by atoms with E-state index in [-0.39, 0.29) is 61.4 Å². The van der Waals surface area contributed by atoms with Gasteiger partial charge in [0.25, 0.3) is 11.1 Å². The van der Waals surface area contributed by atoms with Crippen LogP contribution in [0, 0.1) is 6.92 Å². The summed E-state index contributed by atoms with van der Waals surface area (Å²) in [4.78, 5) is 65.0. The van der Waals surface area contributed by atoms with Crippen molar-refractivity contribution < 1.29 is 47.8 Å². The molecule has 20 nitrogen and oxygen atoms in total. The van der Waals surface area contributed by atoms with E-state index in [1.165, 1.54) is 33.4 Å². The molecule has 5 aromatic carbocycles. The summed E-state index contributed by atoms with van der Waals surface area (Å²) in [6, 6.07) is 42.7. The number of carbonyl (C=O) groups is 1. The lowest BCUT2D eigenvalue weighted by Gasteiger charge is -2.37. The molecular weight excluding hydrogens is 1020 g/mol. The molecule has 0 aliphatic carbocycles. The summed E-state index contributed by atoms with van der Waals surface area (Å²) in [5.41, 5.74) is 6.00. The normalized spacial score (nSPS) is 20.2. The maximum absolute atomic E-state index is 14.1. The number of aromatic nitrogens is 6. The number of aliphatic hydroxyl groups excluding tert-OH is 1. The predicted octanol–water partition coefficient (Wildman–Crippen LogP) is 6.08. The Labute approximate surface area is 451 Å². The second kappa shape index (κ2) is 23.8. The highest BCUT2D eigenvalue weighted by atomic mass is 32.2. The van der Waals surface area contributed by atoms with Crippen LogP contribution < -0.4 is 32.0 Å². The number of aryl methyl sites for hydroxylation is 1. The minimum absolute atomic E-state index is 0.00186. The lowest BCUT2D eigenvalue weighted by Crippen LogP contribution is -2.42. The van der Waals surface area contributed by atoms with E-state index in [1.54, 1.807) is 51.5 Å². The Bertz CT molecular complexity index is 3460. The monoisotopic (exact) mass is 1080 g/mol. The molecule has 21 heteroatoms. The number of hydrogen-bond acceptors (Lipinski definition) is 17. The van der Waals surface area contributed by atoms with Crippen molar-refractivity contribution >= 4 is 34.8 Å². The average molecular weight is 1080 g/mol. The van der Waals surface area contributed by atoms with Crippen LogP contribution in [-0.4, -0.2) is 103 Å². The summed E-state index contributed by atoms with van der Waals surface area (Å²) in [5.74, 6) is 0.767. The van der Waals surface area contributed by atoms with Crippen molar-refractivity contribution in [2.75, 3.05) is 38.9 Å². The topological polar surface area (TPSA) is 245 Å². The molecule has 404 valence electrons. The number of nitrogens with two attached hydrogens (primary N) is 1. The Morgan fingerprint density at radius 2 is 1.46 bits per heavy atom. The van der Waals surface area contributed by atoms with Crippen LogP contribution in [-0.2, 0) is 47.4 Å². The van der Waals surface area contributed by atoms with Gasteiger partial charge in [0, 0.05) is 23.9 Å². The number of anilines is 1. The van der Waals surface area contributed by atoms with E-state index < -0.39 is 70.7 Å². The highest BCUT2D eigenvalue weighted by Gasteiger charge is 2.49. The van der Waals surface area contributed by atoms with Crippen LogP contribution in [0.4, 0.5) is 5.95 Å². The number of methoxy groups -OCH3 is 2. The molecule has 0 amide bonds. The van der Waals surface area contributed by atoms with Gasteiger partial charge in [-0.2, -0.15) is 4.98 Å². The van der Waals surface area contributed by atoms with Crippen molar-refractivity contribution in [2.45, 2.75) is 74.6 Å². The second-order valence-electron chi connectivity index (χ2n) is 18.6. The summed E-state index contributed by atoms with van der Waals surface area (Å²) < 4.78 is 53.9. The standard InChI is InChI=1S/C57H57N7O13S/c1-35-30-62(56(69)64(51(35)67)34-72-31-36-13-7-4-8-14-36)45-29-43(76-53(68)37-15-9-5-10-16-37)54(77-45)78-28-27-73-48-44(75-52(47(48)65)63-33-59-46-49(63)60-55(58)61-50(46)66)32-74-57(38-17-11-6-12-18-38,39-19-23-41(70-2)24-20-39)40-21-25-42(71-3)26-22-40/h4-26,30,33,43-45,47-48,52,54,65H,27-29,31-32,34H2,1-3H3,(H3,58,60,61,66)/t43?,44-,45?,47-,48-,52-,54?/m1/s1. The number of hydrogen-bond donors (Lipinski definition) is 3. The van der Waals surface area contributed by atoms with Gasteiger partial charge < -0.3 is 48.7 Å². The van der Waals surface area contributed by atoms with Crippen LogP contribution in [0.3, 0.4) is 0 Å². The smallest absolute Gasteiger partial charge is 0.338 e. The van der Waals surface area contributed by atoms with Crippen LogP contribution in [0.2, 0.25) is 0 Å². The number of nitrogens with one attached hydrogen (secondary N) is 1. The zero-order chi connectivity index (χ0) is 54.3. The lowest BCUT2D eigenvalue weighted by molar-refractivity contribution is -0.102. The van der Waals surface area contributed by atoms with Crippen molar-refractivity contribution in [1.82, 2.24) is 28.7 Å². The van der Waals surface area contributed by atoms with Crippen LogP contribution in [0.15, 0.2) is 166 Å². The quantitative estimate of drug-likeness (QED) is 0.0419. The fourth-order valence-electron chi connectivity index (χ4n) is 9.77. The Morgan fingerprint density at radius 3 is 2.12 bits per heavy atom. The number of aliphatic hydroxyl groups is 1. The van der Waals surface area contributed by atoms with Crippen LogP contribution in [0.5, 0.6) is 11.5 Å². The fourth-order valence-corrected chi connectivity index (χ4v) is 10.8.